The van der Waals surface area contributed by atoms with Crippen LogP contribution in [-0.4, -0.2) is 45.2 Å². The molecule has 0 bridgehead atoms. The van der Waals surface area contributed by atoms with E-state index in [1.165, 1.54) is 0 Å². The maximum Gasteiger partial charge on any atom is 0.416 e. The van der Waals surface area contributed by atoms with E-state index in [1.807, 2.05) is 112 Å². The second kappa shape index (κ2) is 18.9. The number of nitrogens with zero attached hydrogens (tertiary/aromatic N) is 3. The van der Waals surface area contributed by atoms with Crippen molar-refractivity contribution in [3.05, 3.63) is 143 Å². The van der Waals surface area contributed by atoms with Gasteiger partial charge in [0.25, 0.3) is 0 Å². The zero-order valence-corrected chi connectivity index (χ0v) is 30.6. The lowest BCUT2D eigenvalue weighted by atomic mass is 10.2. The summed E-state index contributed by atoms with van der Waals surface area (Å²) in [6, 6.07) is 34.0. The summed E-state index contributed by atoms with van der Waals surface area (Å²) in [6.45, 7) is 8.00. The van der Waals surface area contributed by atoms with Crippen LogP contribution in [0.4, 0.5) is 4.79 Å². The Morgan fingerprint density at radius 1 is 0.717 bits per heavy atom. The number of carbonyl (C=O) groups is 2. The molecule has 10 nitrogen and oxygen atoms in total. The Morgan fingerprint density at radius 3 is 1.87 bits per heavy atom. The Balaban J connectivity index is 0.000000300. The van der Waals surface area contributed by atoms with E-state index in [0.29, 0.717) is 30.4 Å². The van der Waals surface area contributed by atoms with Gasteiger partial charge < -0.3 is 23.4 Å². The molecule has 0 fully saturated rings. The number of hydrogen-bond donors (Lipinski definition) is 1. The van der Waals surface area contributed by atoms with Crippen LogP contribution in [0.25, 0.3) is 22.9 Å². The van der Waals surface area contributed by atoms with Crippen molar-refractivity contribution in [2.75, 3.05) is 13.2 Å². The summed E-state index contributed by atoms with van der Waals surface area (Å²) in [6.07, 6.45) is 2.79. The molecular weight excluding hydrogens is 670 g/mol. The van der Waals surface area contributed by atoms with Gasteiger partial charge in [0.1, 0.15) is 29.6 Å². The molecule has 274 valence electrons. The van der Waals surface area contributed by atoms with Gasteiger partial charge in [0.15, 0.2) is 0 Å². The summed E-state index contributed by atoms with van der Waals surface area (Å²) in [5.74, 6) is 2.93. The number of benzene rings is 4. The fourth-order valence-electron chi connectivity index (χ4n) is 5.47. The van der Waals surface area contributed by atoms with Crippen LogP contribution in [0, 0.1) is 20.8 Å². The van der Waals surface area contributed by atoms with E-state index < -0.39 is 18.6 Å². The van der Waals surface area contributed by atoms with Crippen LogP contribution in [0.5, 0.6) is 11.5 Å². The van der Waals surface area contributed by atoms with Crippen LogP contribution in [0.3, 0.4) is 0 Å². The lowest BCUT2D eigenvalue weighted by Crippen LogP contribution is -2.37. The molecule has 0 saturated heterocycles. The maximum absolute atomic E-state index is 12.7. The molecule has 6 aromatic rings. The molecule has 4 aromatic carbocycles. The van der Waals surface area contributed by atoms with Gasteiger partial charge in [0, 0.05) is 17.7 Å². The first-order chi connectivity index (χ1) is 25.7. The largest absolute Gasteiger partial charge is 0.494 e. The molecule has 0 radical (unpaired) electrons. The fourth-order valence-corrected chi connectivity index (χ4v) is 5.47. The number of carboxylic acids is 1. The third-order valence-electron chi connectivity index (χ3n) is 8.22. The second-order valence-electron chi connectivity index (χ2n) is 12.6. The normalized spacial score (nSPS) is 10.6. The van der Waals surface area contributed by atoms with Crippen molar-refractivity contribution in [1.82, 2.24) is 14.9 Å². The molecule has 0 aliphatic rings. The van der Waals surface area contributed by atoms with Gasteiger partial charge in [-0.05, 0) is 94.1 Å². The Morgan fingerprint density at radius 2 is 1.30 bits per heavy atom. The van der Waals surface area contributed by atoms with E-state index >= 15 is 0 Å². The van der Waals surface area contributed by atoms with E-state index in [2.05, 4.69) is 16.9 Å². The molecule has 2 aromatic heterocycles. The Labute approximate surface area is 310 Å². The van der Waals surface area contributed by atoms with Crippen LogP contribution in [-0.2, 0) is 24.2 Å². The number of aryl methyl sites for hydroxylation is 5. The average molecular weight is 716 g/mol. The summed E-state index contributed by atoms with van der Waals surface area (Å²) in [7, 11) is 0. The van der Waals surface area contributed by atoms with Crippen molar-refractivity contribution in [1.29, 1.82) is 0 Å². The summed E-state index contributed by atoms with van der Waals surface area (Å²) >= 11 is 0. The van der Waals surface area contributed by atoms with Crippen molar-refractivity contribution < 1.29 is 33.0 Å². The topological polar surface area (TPSA) is 128 Å². The minimum atomic E-state index is -1.13. The van der Waals surface area contributed by atoms with Crippen LogP contribution in [0.2, 0.25) is 0 Å². The first-order valence-corrected chi connectivity index (χ1v) is 17.7. The summed E-state index contributed by atoms with van der Waals surface area (Å²) in [5, 5.41) is 9.30. The van der Waals surface area contributed by atoms with Gasteiger partial charge in [0.2, 0.25) is 11.8 Å². The Bertz CT molecular complexity index is 2060. The predicted molar refractivity (Wildman–Crippen MR) is 203 cm³/mol. The van der Waals surface area contributed by atoms with Crippen molar-refractivity contribution in [3.63, 3.8) is 0 Å². The highest BCUT2D eigenvalue weighted by Crippen LogP contribution is 2.24. The average Bonchev–Trinajstić information content (AvgIpc) is 3.73. The molecule has 10 heteroatoms. The maximum atomic E-state index is 12.7. The molecule has 0 spiro atoms. The van der Waals surface area contributed by atoms with Gasteiger partial charge in [-0.2, -0.15) is 0 Å². The van der Waals surface area contributed by atoms with Gasteiger partial charge in [-0.25, -0.2) is 14.8 Å². The van der Waals surface area contributed by atoms with Gasteiger partial charge in [-0.3, -0.25) is 9.69 Å². The molecule has 1 N–H and O–H groups in total. The third kappa shape index (κ3) is 11.4. The van der Waals surface area contributed by atoms with E-state index in [9.17, 15) is 14.7 Å². The minimum Gasteiger partial charge on any atom is -0.494 e. The number of amides is 1. The number of carboxylic acid groups (broad SMARTS) is 1. The Kier molecular flexibility index (Phi) is 13.6. The number of aromatic nitrogens is 2. The predicted octanol–water partition coefficient (Wildman–Crippen LogP) is 9.66. The number of oxazole rings is 2. The number of aliphatic carboxylic acids is 1. The van der Waals surface area contributed by atoms with E-state index in [1.54, 1.807) is 18.2 Å². The van der Waals surface area contributed by atoms with Gasteiger partial charge in [0.05, 0.1) is 18.0 Å². The lowest BCUT2D eigenvalue weighted by molar-refractivity contribution is -0.138. The number of carbonyl (C=O) groups excluding carboxylic acids is 1. The molecule has 53 heavy (non-hydrogen) atoms. The zero-order chi connectivity index (χ0) is 37.6. The lowest BCUT2D eigenvalue weighted by Gasteiger charge is -2.20. The summed E-state index contributed by atoms with van der Waals surface area (Å²) in [4.78, 5) is 34.3. The monoisotopic (exact) mass is 715 g/mol. The molecule has 0 unspecified atom stereocenters. The number of rotatable bonds is 14. The molecule has 2 heterocycles. The quantitative estimate of drug-likeness (QED) is 0.110. The summed E-state index contributed by atoms with van der Waals surface area (Å²) in [5.41, 5.74) is 5.72. The number of ether oxygens (including phenoxy) is 2. The number of hydrogen-bond acceptors (Lipinski definition) is 8. The van der Waals surface area contributed by atoms with Crippen molar-refractivity contribution in [3.8, 4) is 34.4 Å². The minimum absolute atomic E-state index is 0.0641. The highest BCUT2D eigenvalue weighted by Gasteiger charge is 2.20. The highest BCUT2D eigenvalue weighted by molar-refractivity contribution is 5.78. The van der Waals surface area contributed by atoms with Gasteiger partial charge in [-0.1, -0.05) is 79.6 Å². The molecular formula is C43H45N3O7. The first-order valence-electron chi connectivity index (χ1n) is 17.7. The smallest absolute Gasteiger partial charge is 0.416 e. The molecule has 0 aliphatic carbocycles. The fraction of sp³-hybridized carbons (Fsp3) is 0.256. The standard InChI is InChI=1S/C30H30N2O6.C13H15NO/c1-21-13-15-25(16-14-21)38-30(35)32(20-28(33)34)19-23-8-6-11-26(18-23)36-17-7-12-27-22(2)37-29(31-27)24-9-4-3-5-10-24;1-3-7-12-10(2)15-13(14-12)11-8-5-4-6-9-11/h3-6,8-11,13-16,18H,7,12,17,19-20H2,1-2H3,(H,33,34);4-6,8-9H,3,7H2,1-2H3. The van der Waals surface area contributed by atoms with Crippen LogP contribution in [0.15, 0.2) is 118 Å². The van der Waals surface area contributed by atoms with E-state index in [0.717, 1.165) is 75.2 Å². The molecule has 0 saturated carbocycles. The Hall–Kier alpha value is -6.16. The highest BCUT2D eigenvalue weighted by atomic mass is 16.6. The molecule has 6 rings (SSSR count). The third-order valence-corrected chi connectivity index (χ3v) is 8.22. The van der Waals surface area contributed by atoms with E-state index in [4.69, 9.17) is 18.3 Å². The van der Waals surface area contributed by atoms with Crippen LogP contribution < -0.4 is 9.47 Å². The molecule has 1 amide bonds. The summed E-state index contributed by atoms with van der Waals surface area (Å²) < 4.78 is 22.8. The second-order valence-corrected chi connectivity index (χ2v) is 12.6. The van der Waals surface area contributed by atoms with Crippen molar-refractivity contribution in [2.24, 2.45) is 0 Å². The zero-order valence-electron chi connectivity index (χ0n) is 30.6. The van der Waals surface area contributed by atoms with Crippen LogP contribution in [0.1, 0.15) is 53.8 Å². The van der Waals surface area contributed by atoms with E-state index in [-0.39, 0.29) is 6.54 Å². The SMILES string of the molecule is CCCc1nc(-c2ccccc2)oc1C.Cc1ccc(OC(=O)N(CC(=O)O)Cc2cccc(OCCCc3nc(-c4ccccc4)oc3C)c2)cc1. The molecule has 0 atom stereocenters. The first kappa shape index (κ1) is 38.1. The van der Waals surface area contributed by atoms with Crippen molar-refractivity contribution in [2.45, 2.75) is 59.9 Å². The van der Waals surface area contributed by atoms with Gasteiger partial charge in [-0.15, -0.1) is 0 Å². The molecule has 0 aliphatic heterocycles. The van der Waals surface area contributed by atoms with Crippen LogP contribution >= 0.6 is 0 Å². The van der Waals surface area contributed by atoms with Crippen molar-refractivity contribution >= 4 is 12.1 Å². The van der Waals surface area contributed by atoms with Gasteiger partial charge >= 0.3 is 12.1 Å².